The van der Waals surface area contributed by atoms with Gasteiger partial charge in [-0.3, -0.25) is 4.90 Å². The van der Waals surface area contributed by atoms with Crippen LogP contribution in [0.15, 0.2) is 5.38 Å². The third-order valence-corrected chi connectivity index (χ3v) is 3.41. The minimum Gasteiger partial charge on any atom is -0.306 e. The fourth-order valence-electron chi connectivity index (χ4n) is 1.48. The summed E-state index contributed by atoms with van der Waals surface area (Å²) < 4.78 is 0. The lowest BCUT2D eigenvalue weighted by Crippen LogP contribution is -2.35. The lowest BCUT2D eigenvalue weighted by atomic mass is 10.1. The van der Waals surface area contributed by atoms with Crippen LogP contribution in [0.1, 0.15) is 38.4 Å². The van der Waals surface area contributed by atoms with Gasteiger partial charge in [-0.2, -0.15) is 0 Å². The van der Waals surface area contributed by atoms with E-state index < -0.39 is 0 Å². The van der Waals surface area contributed by atoms with Gasteiger partial charge in [-0.25, -0.2) is 4.98 Å². The number of hydrogen-bond donors (Lipinski definition) is 1. The van der Waals surface area contributed by atoms with Gasteiger partial charge in [0.25, 0.3) is 0 Å². The molecule has 0 spiro atoms. The highest BCUT2D eigenvalue weighted by molar-refractivity contribution is 7.09. The summed E-state index contributed by atoms with van der Waals surface area (Å²) in [5, 5.41) is 6.71. The van der Waals surface area contributed by atoms with E-state index in [1.807, 2.05) is 0 Å². The highest BCUT2D eigenvalue weighted by Crippen LogP contribution is 2.13. The molecule has 1 aromatic heterocycles. The van der Waals surface area contributed by atoms with Crippen molar-refractivity contribution in [2.75, 3.05) is 13.1 Å². The summed E-state index contributed by atoms with van der Waals surface area (Å²) in [5.74, 6) is 2.68. The fraction of sp³-hybridized carbons (Fsp3) is 0.643. The smallest absolute Gasteiger partial charge is 0.107 e. The second-order valence-electron chi connectivity index (χ2n) is 5.34. The maximum atomic E-state index is 5.34. The van der Waals surface area contributed by atoms with E-state index in [4.69, 9.17) is 6.42 Å². The predicted molar refractivity (Wildman–Crippen MR) is 78.5 cm³/mol. The lowest BCUT2D eigenvalue weighted by Gasteiger charge is -2.19. The molecule has 0 aliphatic heterocycles. The Labute approximate surface area is 115 Å². The molecule has 3 nitrogen and oxygen atoms in total. The lowest BCUT2D eigenvalue weighted by molar-refractivity contribution is 0.312. The van der Waals surface area contributed by atoms with Gasteiger partial charge in [-0.05, 0) is 27.3 Å². The number of nitrogens with one attached hydrogen (secondary N) is 1. The molecule has 0 atom stereocenters. The third-order valence-electron chi connectivity index (χ3n) is 2.52. The van der Waals surface area contributed by atoms with E-state index in [0.29, 0.717) is 6.54 Å². The molecule has 0 aliphatic carbocycles. The molecule has 1 heterocycles. The first kappa shape index (κ1) is 15.2. The van der Waals surface area contributed by atoms with E-state index >= 15 is 0 Å². The second-order valence-corrected chi connectivity index (χ2v) is 6.29. The molecule has 18 heavy (non-hydrogen) atoms. The molecule has 0 saturated carbocycles. The highest BCUT2D eigenvalue weighted by atomic mass is 32.1. The van der Waals surface area contributed by atoms with Crippen LogP contribution in [0.5, 0.6) is 0 Å². The largest absolute Gasteiger partial charge is 0.306 e. The average molecular weight is 265 g/mol. The number of aromatic nitrogens is 1. The Morgan fingerprint density at radius 3 is 2.78 bits per heavy atom. The number of terminal acetylenes is 1. The molecule has 1 rings (SSSR count). The Hall–Kier alpha value is -0.890. The molecule has 0 saturated heterocycles. The van der Waals surface area contributed by atoms with Gasteiger partial charge < -0.3 is 5.32 Å². The first-order chi connectivity index (χ1) is 8.44. The first-order valence-corrected chi connectivity index (χ1v) is 7.16. The van der Waals surface area contributed by atoms with Crippen molar-refractivity contribution in [3.8, 4) is 12.3 Å². The van der Waals surface area contributed by atoms with E-state index in [0.717, 1.165) is 30.3 Å². The van der Waals surface area contributed by atoms with Gasteiger partial charge in [0.05, 0.1) is 12.2 Å². The standard InChI is InChI=1S/C14H23N3S/c1-6-8-17(7-2)10-12-11-18-13(16-12)9-15-14(3,4)5/h1,11,15H,7-10H2,2-5H3. The molecule has 0 aromatic carbocycles. The highest BCUT2D eigenvalue weighted by Gasteiger charge is 2.11. The average Bonchev–Trinajstić information content (AvgIpc) is 2.73. The summed E-state index contributed by atoms with van der Waals surface area (Å²) in [6.45, 7) is 11.9. The molecule has 0 amide bonds. The number of rotatable bonds is 6. The molecule has 0 fully saturated rings. The maximum absolute atomic E-state index is 5.34. The summed E-state index contributed by atoms with van der Waals surface area (Å²) >= 11 is 1.71. The summed E-state index contributed by atoms with van der Waals surface area (Å²) in [6.07, 6.45) is 5.34. The summed E-state index contributed by atoms with van der Waals surface area (Å²) in [7, 11) is 0. The van der Waals surface area contributed by atoms with Crippen LogP contribution >= 0.6 is 11.3 Å². The van der Waals surface area contributed by atoms with Gasteiger partial charge in [0.15, 0.2) is 0 Å². The molecule has 0 unspecified atom stereocenters. The van der Waals surface area contributed by atoms with Crippen LogP contribution < -0.4 is 5.32 Å². The van der Waals surface area contributed by atoms with E-state index in [2.05, 4.69) is 54.2 Å². The Bertz CT molecular complexity index is 398. The third kappa shape index (κ3) is 5.63. The molecule has 0 aliphatic rings. The van der Waals surface area contributed by atoms with Crippen LogP contribution in [0.4, 0.5) is 0 Å². The van der Waals surface area contributed by atoms with Crippen molar-refractivity contribution in [1.82, 2.24) is 15.2 Å². The topological polar surface area (TPSA) is 28.2 Å². The minimum absolute atomic E-state index is 0.130. The summed E-state index contributed by atoms with van der Waals surface area (Å²) in [6, 6.07) is 0. The monoisotopic (exact) mass is 265 g/mol. The maximum Gasteiger partial charge on any atom is 0.107 e. The van der Waals surface area contributed by atoms with E-state index in [1.165, 1.54) is 0 Å². The molecule has 0 bridgehead atoms. The van der Waals surface area contributed by atoms with Gasteiger partial charge in [-0.15, -0.1) is 17.8 Å². The first-order valence-electron chi connectivity index (χ1n) is 6.28. The molecular formula is C14H23N3S. The van der Waals surface area contributed by atoms with Gasteiger partial charge in [-0.1, -0.05) is 12.8 Å². The minimum atomic E-state index is 0.130. The Morgan fingerprint density at radius 2 is 2.22 bits per heavy atom. The van der Waals surface area contributed by atoms with Crippen molar-refractivity contribution < 1.29 is 0 Å². The Kier molecular flexibility index (Phi) is 5.80. The van der Waals surface area contributed by atoms with Gasteiger partial charge in [0, 0.05) is 24.0 Å². The van der Waals surface area contributed by atoms with Crippen molar-refractivity contribution in [3.05, 3.63) is 16.1 Å². The van der Waals surface area contributed by atoms with E-state index in [9.17, 15) is 0 Å². The van der Waals surface area contributed by atoms with Crippen molar-refractivity contribution >= 4 is 11.3 Å². The van der Waals surface area contributed by atoms with Crippen LogP contribution in [0, 0.1) is 12.3 Å². The van der Waals surface area contributed by atoms with Crippen molar-refractivity contribution in [3.63, 3.8) is 0 Å². The molecule has 4 heteroatoms. The Morgan fingerprint density at radius 1 is 1.50 bits per heavy atom. The van der Waals surface area contributed by atoms with Gasteiger partial charge in [0.2, 0.25) is 0 Å². The second kappa shape index (κ2) is 6.89. The number of thiazole rings is 1. The van der Waals surface area contributed by atoms with Crippen molar-refractivity contribution in [1.29, 1.82) is 0 Å². The normalized spacial score (nSPS) is 11.8. The number of nitrogens with zero attached hydrogens (tertiary/aromatic N) is 2. The molecule has 100 valence electrons. The summed E-state index contributed by atoms with van der Waals surface area (Å²) in [5.41, 5.74) is 1.24. The van der Waals surface area contributed by atoms with Crippen molar-refractivity contribution in [2.24, 2.45) is 0 Å². The van der Waals surface area contributed by atoms with Gasteiger partial charge >= 0.3 is 0 Å². The fourth-order valence-corrected chi connectivity index (χ4v) is 2.21. The molecule has 1 aromatic rings. The SMILES string of the molecule is C#CCN(CC)Cc1csc(CNC(C)(C)C)n1. The van der Waals surface area contributed by atoms with Crippen LogP contribution in [0.25, 0.3) is 0 Å². The van der Waals surface area contributed by atoms with E-state index in [-0.39, 0.29) is 5.54 Å². The molecule has 1 N–H and O–H groups in total. The van der Waals surface area contributed by atoms with Crippen LogP contribution in [0.2, 0.25) is 0 Å². The van der Waals surface area contributed by atoms with Crippen LogP contribution in [0.3, 0.4) is 0 Å². The van der Waals surface area contributed by atoms with Crippen LogP contribution in [-0.2, 0) is 13.1 Å². The summed E-state index contributed by atoms with van der Waals surface area (Å²) in [4.78, 5) is 6.83. The predicted octanol–water partition coefficient (Wildman–Crippen LogP) is 2.49. The zero-order valence-electron chi connectivity index (χ0n) is 11.8. The zero-order chi connectivity index (χ0) is 13.6. The number of hydrogen-bond acceptors (Lipinski definition) is 4. The molecule has 0 radical (unpaired) electrons. The van der Waals surface area contributed by atoms with E-state index in [1.54, 1.807) is 11.3 Å². The van der Waals surface area contributed by atoms with Crippen LogP contribution in [-0.4, -0.2) is 28.5 Å². The van der Waals surface area contributed by atoms with Gasteiger partial charge in [0.1, 0.15) is 5.01 Å². The quantitative estimate of drug-likeness (QED) is 0.801. The zero-order valence-corrected chi connectivity index (χ0v) is 12.6. The Balaban J connectivity index is 2.50. The van der Waals surface area contributed by atoms with Crippen molar-refractivity contribution in [2.45, 2.75) is 46.3 Å². The molecular weight excluding hydrogens is 242 g/mol.